The van der Waals surface area contributed by atoms with Gasteiger partial charge in [-0.1, -0.05) is 12.1 Å². The van der Waals surface area contributed by atoms with E-state index in [0.29, 0.717) is 19.5 Å². The Morgan fingerprint density at radius 1 is 1.20 bits per heavy atom. The number of nitrogens with one attached hydrogen (secondary N) is 1. The molecule has 1 amide bonds. The van der Waals surface area contributed by atoms with Gasteiger partial charge in [0.2, 0.25) is 5.91 Å². The maximum Gasteiger partial charge on any atom is 0.573 e. The first kappa shape index (κ1) is 20.6. The average molecular weight is 423 g/mol. The van der Waals surface area contributed by atoms with Crippen molar-refractivity contribution in [1.29, 1.82) is 0 Å². The largest absolute Gasteiger partial charge is 0.573 e. The summed E-state index contributed by atoms with van der Waals surface area (Å²) in [5, 5.41) is 11.6. The summed E-state index contributed by atoms with van der Waals surface area (Å²) in [7, 11) is 0. The van der Waals surface area contributed by atoms with Crippen LogP contribution < -0.4 is 10.1 Å². The van der Waals surface area contributed by atoms with Gasteiger partial charge in [-0.2, -0.15) is 0 Å². The number of ether oxygens (including phenoxy) is 1. The minimum absolute atomic E-state index is 0.0769. The molecule has 0 saturated heterocycles. The van der Waals surface area contributed by atoms with Crippen LogP contribution in [0.4, 0.5) is 13.2 Å². The molecule has 7 nitrogen and oxygen atoms in total. The molecule has 162 valence electrons. The second-order valence-corrected chi connectivity index (χ2v) is 7.85. The Hall–Kier alpha value is -2.62. The maximum atomic E-state index is 12.3. The zero-order chi connectivity index (χ0) is 21.3. The Balaban J connectivity index is 1.35. The molecular formula is C20H24F3N5O2. The molecule has 4 rings (SSSR count). The monoisotopic (exact) mass is 423 g/mol. The summed E-state index contributed by atoms with van der Waals surface area (Å²) < 4.78 is 42.9. The van der Waals surface area contributed by atoms with Crippen LogP contribution in [-0.2, 0) is 24.3 Å². The lowest BCUT2D eigenvalue weighted by molar-refractivity contribution is -0.274. The number of fused-ring (bicyclic) bond motifs is 1. The number of alkyl halides is 3. The van der Waals surface area contributed by atoms with Crippen molar-refractivity contribution in [2.24, 2.45) is 5.92 Å². The maximum absolute atomic E-state index is 12.3. The molecule has 1 aliphatic heterocycles. The molecule has 0 bridgehead atoms. The van der Waals surface area contributed by atoms with Crippen LogP contribution in [0.1, 0.15) is 43.0 Å². The molecule has 2 aliphatic rings. The number of halogens is 3. The summed E-state index contributed by atoms with van der Waals surface area (Å²) in [4.78, 5) is 14.3. The lowest BCUT2D eigenvalue weighted by atomic mass is 10.2. The number of carbonyl (C=O) groups is 1. The molecule has 1 aliphatic carbocycles. The van der Waals surface area contributed by atoms with E-state index < -0.39 is 6.36 Å². The third-order valence-corrected chi connectivity index (χ3v) is 5.40. The zero-order valence-corrected chi connectivity index (χ0v) is 16.7. The molecule has 1 aromatic heterocycles. The fraction of sp³-hybridized carbons (Fsp3) is 0.550. The third-order valence-electron chi connectivity index (χ3n) is 5.40. The second kappa shape index (κ2) is 8.25. The smallest absolute Gasteiger partial charge is 0.406 e. The van der Waals surface area contributed by atoms with Gasteiger partial charge >= 0.3 is 6.36 Å². The van der Waals surface area contributed by atoms with E-state index in [9.17, 15) is 18.0 Å². The molecule has 1 atom stereocenters. The van der Waals surface area contributed by atoms with Crippen molar-refractivity contribution in [3.63, 3.8) is 0 Å². The normalized spacial score (nSPS) is 18.4. The van der Waals surface area contributed by atoms with Gasteiger partial charge in [-0.3, -0.25) is 9.69 Å². The van der Waals surface area contributed by atoms with Gasteiger partial charge in [0.1, 0.15) is 11.6 Å². The highest BCUT2D eigenvalue weighted by Gasteiger charge is 2.32. The van der Waals surface area contributed by atoms with Gasteiger partial charge in [-0.25, -0.2) is 0 Å². The number of rotatable bonds is 6. The molecule has 2 aromatic rings. The summed E-state index contributed by atoms with van der Waals surface area (Å²) >= 11 is 0. The van der Waals surface area contributed by atoms with Crippen LogP contribution in [0, 0.1) is 5.92 Å². The van der Waals surface area contributed by atoms with Gasteiger partial charge in [0.25, 0.3) is 0 Å². The summed E-state index contributed by atoms with van der Waals surface area (Å²) in [6.07, 6.45) is -2.07. The molecule has 1 saturated carbocycles. The van der Waals surface area contributed by atoms with E-state index in [1.165, 1.54) is 12.1 Å². The van der Waals surface area contributed by atoms with E-state index in [1.807, 2.05) is 6.92 Å². The van der Waals surface area contributed by atoms with E-state index >= 15 is 0 Å². The quantitative estimate of drug-likeness (QED) is 0.774. The fourth-order valence-corrected chi connectivity index (χ4v) is 3.66. The molecule has 0 spiro atoms. The first-order valence-electron chi connectivity index (χ1n) is 10.1. The Morgan fingerprint density at radius 2 is 1.93 bits per heavy atom. The molecule has 30 heavy (non-hydrogen) atoms. The van der Waals surface area contributed by atoms with Crippen molar-refractivity contribution >= 4 is 5.91 Å². The molecule has 2 heterocycles. The lowest BCUT2D eigenvalue weighted by Crippen LogP contribution is -2.31. The van der Waals surface area contributed by atoms with Crippen molar-refractivity contribution in [1.82, 2.24) is 25.0 Å². The van der Waals surface area contributed by atoms with E-state index in [0.717, 1.165) is 43.1 Å². The second-order valence-electron chi connectivity index (χ2n) is 7.85. The highest BCUT2D eigenvalue weighted by atomic mass is 19.4. The number of hydrogen-bond donors (Lipinski definition) is 1. The Kier molecular flexibility index (Phi) is 5.68. The van der Waals surface area contributed by atoms with Crippen molar-refractivity contribution < 1.29 is 22.7 Å². The van der Waals surface area contributed by atoms with Crippen LogP contribution in [0.2, 0.25) is 0 Å². The number of nitrogens with zero attached hydrogens (tertiary/aromatic N) is 4. The van der Waals surface area contributed by atoms with Crippen LogP contribution >= 0.6 is 0 Å². The standard InChI is InChI=1S/C20H24F3N5O2/c1-13(24-19(29)15-4-5-15)18-26-25-17-8-9-27(10-11-28(17)18)12-14-2-6-16(7-3-14)30-20(21,22)23/h2-3,6-7,13,15H,4-5,8-12H2,1H3,(H,24,29). The average Bonchev–Trinajstić information content (AvgIpc) is 3.47. The molecular weight excluding hydrogens is 399 g/mol. The van der Waals surface area contributed by atoms with Gasteiger partial charge in [-0.15, -0.1) is 23.4 Å². The molecule has 1 unspecified atom stereocenters. The Morgan fingerprint density at radius 3 is 2.60 bits per heavy atom. The van der Waals surface area contributed by atoms with Crippen LogP contribution in [0.25, 0.3) is 0 Å². The van der Waals surface area contributed by atoms with Crippen LogP contribution in [0.15, 0.2) is 24.3 Å². The van der Waals surface area contributed by atoms with E-state index in [1.54, 1.807) is 12.1 Å². The van der Waals surface area contributed by atoms with Gasteiger partial charge < -0.3 is 14.6 Å². The van der Waals surface area contributed by atoms with Crippen molar-refractivity contribution in [3.05, 3.63) is 41.5 Å². The number of benzene rings is 1. The first-order valence-corrected chi connectivity index (χ1v) is 10.1. The number of carbonyl (C=O) groups excluding carboxylic acids is 1. The van der Waals surface area contributed by atoms with Gasteiger partial charge in [0.15, 0.2) is 5.82 Å². The van der Waals surface area contributed by atoms with Gasteiger partial charge in [-0.05, 0) is 37.5 Å². The molecule has 0 radical (unpaired) electrons. The minimum Gasteiger partial charge on any atom is -0.406 e. The van der Waals surface area contributed by atoms with Crippen LogP contribution in [0.5, 0.6) is 5.75 Å². The van der Waals surface area contributed by atoms with Gasteiger partial charge in [0.05, 0.1) is 6.04 Å². The number of amides is 1. The summed E-state index contributed by atoms with van der Waals surface area (Å²) in [6.45, 7) is 4.75. The Bertz CT molecular complexity index is 893. The third kappa shape index (κ3) is 5.10. The SMILES string of the molecule is CC(NC(=O)C1CC1)c1nnc2n1CCN(Cc1ccc(OC(F)(F)F)cc1)CC2. The summed E-state index contributed by atoms with van der Waals surface area (Å²) in [5.41, 5.74) is 0.910. The van der Waals surface area contributed by atoms with Crippen molar-refractivity contribution in [2.45, 2.75) is 51.7 Å². The Labute approximate surface area is 172 Å². The van der Waals surface area contributed by atoms with Crippen LogP contribution in [-0.4, -0.2) is 45.0 Å². The van der Waals surface area contributed by atoms with Gasteiger partial charge in [0, 0.05) is 38.5 Å². The minimum atomic E-state index is -4.69. The highest BCUT2D eigenvalue weighted by molar-refractivity contribution is 5.81. The van der Waals surface area contributed by atoms with Crippen molar-refractivity contribution in [3.8, 4) is 5.75 Å². The van der Waals surface area contributed by atoms with Crippen molar-refractivity contribution in [2.75, 3.05) is 13.1 Å². The van der Waals surface area contributed by atoms with E-state index in [-0.39, 0.29) is 23.6 Å². The molecule has 10 heteroatoms. The lowest BCUT2D eigenvalue weighted by Gasteiger charge is -2.20. The fourth-order valence-electron chi connectivity index (χ4n) is 3.66. The van der Waals surface area contributed by atoms with E-state index in [2.05, 4.69) is 29.7 Å². The van der Waals surface area contributed by atoms with Crippen LogP contribution in [0.3, 0.4) is 0 Å². The first-order chi connectivity index (χ1) is 14.3. The predicted molar refractivity (Wildman–Crippen MR) is 101 cm³/mol. The number of hydrogen-bond acceptors (Lipinski definition) is 5. The summed E-state index contributed by atoms with van der Waals surface area (Å²) in [5.74, 6) is 1.64. The number of aromatic nitrogens is 3. The molecule has 1 fully saturated rings. The topological polar surface area (TPSA) is 72.3 Å². The molecule has 1 aromatic carbocycles. The molecule has 1 N–H and O–H groups in total. The highest BCUT2D eigenvalue weighted by Crippen LogP contribution is 2.30. The summed E-state index contributed by atoms with van der Waals surface area (Å²) in [6, 6.07) is 5.75. The predicted octanol–water partition coefficient (Wildman–Crippen LogP) is 2.82. The zero-order valence-electron chi connectivity index (χ0n) is 16.7. The van der Waals surface area contributed by atoms with E-state index in [4.69, 9.17) is 0 Å².